The fraction of sp³-hybridized carbons (Fsp3) is 1.00. The van der Waals surface area contributed by atoms with Gasteiger partial charge >= 0.3 is 0 Å². The van der Waals surface area contributed by atoms with Crippen molar-refractivity contribution in [3.63, 3.8) is 0 Å². The molecule has 4 fully saturated rings. The van der Waals surface area contributed by atoms with Crippen LogP contribution < -0.4 is 16.2 Å². The van der Waals surface area contributed by atoms with Crippen molar-refractivity contribution in [1.82, 2.24) is 16.2 Å². The van der Waals surface area contributed by atoms with Crippen LogP contribution in [0.3, 0.4) is 0 Å². The molecule has 4 nitrogen and oxygen atoms in total. The standard InChI is InChI=1S/C19H33Cl2N3O/c20-13-5-3-12(4-6-13)18-16-8-7-14(21)10-17(16)19(24-23-18)22-11-15-2-1-9-25-15/h12-19,22-24H,1-11H2/t12?,13?,14?,15-,16?,17?,18?,19?/m0/s1. The molecule has 144 valence electrons. The summed E-state index contributed by atoms with van der Waals surface area (Å²) in [6.07, 6.45) is 11.4. The highest BCUT2D eigenvalue weighted by molar-refractivity contribution is 6.20. The largest absolute Gasteiger partial charge is 0.377 e. The lowest BCUT2D eigenvalue weighted by molar-refractivity contribution is 0.0188. The molecule has 0 radical (unpaired) electrons. The monoisotopic (exact) mass is 389 g/mol. The summed E-state index contributed by atoms with van der Waals surface area (Å²) in [6.45, 7) is 1.86. The van der Waals surface area contributed by atoms with Crippen LogP contribution in [0.25, 0.3) is 0 Å². The Morgan fingerprint density at radius 3 is 2.44 bits per heavy atom. The van der Waals surface area contributed by atoms with Crippen molar-refractivity contribution in [3.05, 3.63) is 0 Å². The minimum Gasteiger partial charge on any atom is -0.377 e. The van der Waals surface area contributed by atoms with E-state index in [2.05, 4.69) is 16.2 Å². The molecule has 2 aliphatic heterocycles. The van der Waals surface area contributed by atoms with Gasteiger partial charge in [0, 0.05) is 29.9 Å². The summed E-state index contributed by atoms with van der Waals surface area (Å²) in [6, 6.07) is 0.569. The van der Waals surface area contributed by atoms with Gasteiger partial charge < -0.3 is 4.74 Å². The van der Waals surface area contributed by atoms with Crippen LogP contribution in [-0.2, 0) is 4.74 Å². The molecule has 2 heterocycles. The van der Waals surface area contributed by atoms with Crippen LogP contribution in [0.15, 0.2) is 0 Å². The Kier molecular flexibility index (Phi) is 6.47. The number of rotatable bonds is 4. The third-order valence-electron chi connectivity index (χ3n) is 6.98. The van der Waals surface area contributed by atoms with Gasteiger partial charge in [-0.1, -0.05) is 0 Å². The highest BCUT2D eigenvalue weighted by Gasteiger charge is 2.45. The molecular weight excluding hydrogens is 357 g/mol. The smallest absolute Gasteiger partial charge is 0.0737 e. The highest BCUT2D eigenvalue weighted by atomic mass is 35.5. The Morgan fingerprint density at radius 1 is 0.880 bits per heavy atom. The molecular formula is C19H33Cl2N3O. The van der Waals surface area contributed by atoms with Gasteiger partial charge in [-0.25, -0.2) is 5.43 Å². The maximum absolute atomic E-state index is 6.56. The fourth-order valence-corrected chi connectivity index (χ4v) is 6.16. The second kappa shape index (κ2) is 8.62. The lowest BCUT2D eigenvalue weighted by Crippen LogP contribution is -2.68. The van der Waals surface area contributed by atoms with Crippen LogP contribution in [0.5, 0.6) is 0 Å². The Bertz CT molecular complexity index is 427. The van der Waals surface area contributed by atoms with Crippen molar-refractivity contribution >= 4 is 23.2 Å². The molecule has 3 N–H and O–H groups in total. The first-order valence-electron chi connectivity index (χ1n) is 10.3. The summed E-state index contributed by atoms with van der Waals surface area (Å²) in [5.74, 6) is 2.08. The van der Waals surface area contributed by atoms with E-state index < -0.39 is 0 Å². The van der Waals surface area contributed by atoms with Gasteiger partial charge in [0.15, 0.2) is 0 Å². The third-order valence-corrected chi connectivity index (χ3v) is 7.82. The first kappa shape index (κ1) is 18.8. The Balaban J connectivity index is 1.38. The number of alkyl halides is 2. The van der Waals surface area contributed by atoms with Gasteiger partial charge in [0.1, 0.15) is 0 Å². The van der Waals surface area contributed by atoms with Crippen molar-refractivity contribution in [2.75, 3.05) is 13.2 Å². The van der Waals surface area contributed by atoms with E-state index in [1.807, 2.05) is 0 Å². The topological polar surface area (TPSA) is 45.3 Å². The fourth-order valence-electron chi connectivity index (χ4n) is 5.58. The van der Waals surface area contributed by atoms with Crippen LogP contribution in [0.2, 0.25) is 0 Å². The zero-order valence-electron chi connectivity index (χ0n) is 15.1. The van der Waals surface area contributed by atoms with Crippen molar-refractivity contribution in [1.29, 1.82) is 0 Å². The minimum absolute atomic E-state index is 0.302. The van der Waals surface area contributed by atoms with Gasteiger partial charge in [0.2, 0.25) is 0 Å². The molecule has 0 aromatic rings. The molecule has 2 saturated heterocycles. The summed E-state index contributed by atoms with van der Waals surface area (Å²) in [7, 11) is 0. The second-order valence-electron chi connectivity index (χ2n) is 8.59. The van der Waals surface area contributed by atoms with E-state index in [1.165, 1.54) is 44.9 Å². The molecule has 5 unspecified atom stereocenters. The molecule has 0 aromatic carbocycles. The molecule has 2 saturated carbocycles. The van der Waals surface area contributed by atoms with E-state index >= 15 is 0 Å². The van der Waals surface area contributed by atoms with Gasteiger partial charge in [-0.3, -0.25) is 10.7 Å². The maximum Gasteiger partial charge on any atom is 0.0737 e. The van der Waals surface area contributed by atoms with Crippen LogP contribution in [0, 0.1) is 17.8 Å². The average molecular weight is 390 g/mol. The summed E-state index contributed by atoms with van der Waals surface area (Å²) in [4.78, 5) is 0. The molecule has 4 aliphatic rings. The second-order valence-corrected chi connectivity index (χ2v) is 9.82. The van der Waals surface area contributed by atoms with E-state index in [0.29, 0.717) is 35.0 Å². The average Bonchev–Trinajstić information content (AvgIpc) is 3.14. The zero-order chi connectivity index (χ0) is 17.2. The molecule has 0 bridgehead atoms. The van der Waals surface area contributed by atoms with Gasteiger partial charge in [-0.2, -0.15) is 0 Å². The number of ether oxygens (including phenoxy) is 1. The van der Waals surface area contributed by atoms with Crippen molar-refractivity contribution < 1.29 is 4.74 Å². The molecule has 0 spiro atoms. The molecule has 6 heteroatoms. The first-order valence-corrected chi connectivity index (χ1v) is 11.2. The van der Waals surface area contributed by atoms with E-state index in [-0.39, 0.29) is 0 Å². The quantitative estimate of drug-likeness (QED) is 0.644. The van der Waals surface area contributed by atoms with E-state index in [9.17, 15) is 0 Å². The predicted molar refractivity (Wildman–Crippen MR) is 103 cm³/mol. The normalized spacial score (nSPS) is 48.2. The maximum atomic E-state index is 6.56. The summed E-state index contributed by atoms with van der Waals surface area (Å²) in [5.41, 5.74) is 7.32. The van der Waals surface area contributed by atoms with Gasteiger partial charge in [0.05, 0.1) is 12.3 Å². The summed E-state index contributed by atoms with van der Waals surface area (Å²) in [5, 5.41) is 4.45. The minimum atomic E-state index is 0.302. The summed E-state index contributed by atoms with van der Waals surface area (Å²) >= 11 is 12.9. The number of hydrogen-bond donors (Lipinski definition) is 3. The van der Waals surface area contributed by atoms with Crippen LogP contribution in [0.1, 0.15) is 57.8 Å². The zero-order valence-corrected chi connectivity index (χ0v) is 16.6. The van der Waals surface area contributed by atoms with Gasteiger partial charge in [-0.05, 0) is 75.5 Å². The number of hydrazine groups is 1. The van der Waals surface area contributed by atoms with Crippen LogP contribution in [0.4, 0.5) is 0 Å². The Morgan fingerprint density at radius 2 is 1.68 bits per heavy atom. The number of hydrogen-bond acceptors (Lipinski definition) is 4. The lowest BCUT2D eigenvalue weighted by atomic mass is 9.67. The van der Waals surface area contributed by atoms with Crippen molar-refractivity contribution in [3.8, 4) is 0 Å². The highest BCUT2D eigenvalue weighted by Crippen LogP contribution is 2.43. The SMILES string of the molecule is ClC1CCC(C2NNC(NC[C@@H]3CCCO3)C3CC(Cl)CCC32)CC1. The summed E-state index contributed by atoms with van der Waals surface area (Å²) < 4.78 is 5.78. The molecule has 6 atom stereocenters. The van der Waals surface area contributed by atoms with Gasteiger partial charge in [-0.15, -0.1) is 23.2 Å². The van der Waals surface area contributed by atoms with Gasteiger partial charge in [0.25, 0.3) is 0 Å². The van der Waals surface area contributed by atoms with Crippen LogP contribution >= 0.6 is 23.2 Å². The number of nitrogens with one attached hydrogen (secondary N) is 3. The molecule has 4 rings (SSSR count). The lowest BCUT2D eigenvalue weighted by Gasteiger charge is -2.51. The first-order chi connectivity index (χ1) is 12.2. The molecule has 0 aromatic heterocycles. The van der Waals surface area contributed by atoms with Crippen molar-refractivity contribution in [2.24, 2.45) is 17.8 Å². The van der Waals surface area contributed by atoms with E-state index in [0.717, 1.165) is 37.8 Å². The molecule has 25 heavy (non-hydrogen) atoms. The molecule has 0 amide bonds. The van der Waals surface area contributed by atoms with E-state index in [1.54, 1.807) is 0 Å². The molecule has 2 aliphatic carbocycles. The van der Waals surface area contributed by atoms with E-state index in [4.69, 9.17) is 27.9 Å². The Hall–Kier alpha value is 0.420. The predicted octanol–water partition coefficient (Wildman–Crippen LogP) is 3.38. The van der Waals surface area contributed by atoms with Crippen molar-refractivity contribution in [2.45, 2.75) is 86.9 Å². The van der Waals surface area contributed by atoms with Crippen LogP contribution in [-0.4, -0.2) is 42.2 Å². The number of halogens is 2. The Labute approximate surface area is 162 Å². The number of fused-ring (bicyclic) bond motifs is 1. The third kappa shape index (κ3) is 4.47.